The number of halogens is 1. The van der Waals surface area contributed by atoms with Crippen LogP contribution in [0, 0.1) is 18.8 Å². The zero-order chi connectivity index (χ0) is 15.4. The highest BCUT2D eigenvalue weighted by Gasteiger charge is 2.31. The van der Waals surface area contributed by atoms with Gasteiger partial charge in [-0.15, -0.1) is 0 Å². The van der Waals surface area contributed by atoms with Crippen LogP contribution >= 0.6 is 15.9 Å². The molecule has 0 bridgehead atoms. The Balaban J connectivity index is 2.18. The topological polar surface area (TPSA) is 29.9 Å². The van der Waals surface area contributed by atoms with Crippen molar-refractivity contribution in [2.24, 2.45) is 11.8 Å². The maximum absolute atomic E-state index is 4.65. The molecule has 2 rings (SSSR count). The predicted molar refractivity (Wildman–Crippen MR) is 92.6 cm³/mol. The lowest BCUT2D eigenvalue weighted by Crippen LogP contribution is -2.40. The van der Waals surface area contributed by atoms with Gasteiger partial charge in [-0.1, -0.05) is 26.7 Å². The van der Waals surface area contributed by atoms with E-state index in [2.05, 4.69) is 58.7 Å². The van der Waals surface area contributed by atoms with E-state index in [1.54, 1.807) is 0 Å². The highest BCUT2D eigenvalue weighted by atomic mass is 79.9. The molecule has 3 nitrogen and oxygen atoms in total. The lowest BCUT2D eigenvalue weighted by atomic mass is 9.87. The maximum Gasteiger partial charge on any atom is 0.0738 e. The third kappa shape index (κ3) is 3.89. The SMILES string of the molecule is CCCNC(Cc1c(Br)c(C)nn1CC)C1CCCC1C. The van der Waals surface area contributed by atoms with Crippen molar-refractivity contribution in [3.8, 4) is 0 Å². The summed E-state index contributed by atoms with van der Waals surface area (Å²) >= 11 is 3.75. The van der Waals surface area contributed by atoms with Crippen LogP contribution in [0.25, 0.3) is 0 Å². The van der Waals surface area contributed by atoms with E-state index in [1.165, 1.54) is 35.8 Å². The number of nitrogens with zero attached hydrogens (tertiary/aromatic N) is 2. The molecule has 120 valence electrons. The van der Waals surface area contributed by atoms with Gasteiger partial charge in [-0.3, -0.25) is 4.68 Å². The molecule has 0 radical (unpaired) electrons. The Kier molecular flexibility index (Phi) is 6.30. The Bertz CT molecular complexity index is 455. The number of rotatable bonds is 7. The summed E-state index contributed by atoms with van der Waals surface area (Å²) in [6.45, 7) is 11.0. The van der Waals surface area contributed by atoms with Crippen LogP contribution in [-0.4, -0.2) is 22.4 Å². The molecule has 1 aromatic heterocycles. The average molecular weight is 356 g/mol. The fourth-order valence-electron chi connectivity index (χ4n) is 3.75. The van der Waals surface area contributed by atoms with Gasteiger partial charge in [-0.25, -0.2) is 0 Å². The number of aryl methyl sites for hydroxylation is 2. The molecule has 3 unspecified atom stereocenters. The lowest BCUT2D eigenvalue weighted by Gasteiger charge is -2.28. The third-order valence-electron chi connectivity index (χ3n) is 4.97. The van der Waals surface area contributed by atoms with Crippen LogP contribution in [0.15, 0.2) is 4.47 Å². The fourth-order valence-corrected chi connectivity index (χ4v) is 4.19. The Morgan fingerprint density at radius 2 is 2.14 bits per heavy atom. The molecular formula is C17H30BrN3. The summed E-state index contributed by atoms with van der Waals surface area (Å²) in [6, 6.07) is 0.583. The molecule has 0 saturated heterocycles. The molecule has 0 spiro atoms. The van der Waals surface area contributed by atoms with Crippen LogP contribution < -0.4 is 5.32 Å². The van der Waals surface area contributed by atoms with Crippen molar-refractivity contribution in [2.45, 2.75) is 72.4 Å². The molecule has 4 heteroatoms. The summed E-state index contributed by atoms with van der Waals surface area (Å²) in [5.74, 6) is 1.65. The van der Waals surface area contributed by atoms with Crippen molar-refractivity contribution in [3.05, 3.63) is 15.9 Å². The molecule has 3 atom stereocenters. The predicted octanol–water partition coefficient (Wildman–Crippen LogP) is 4.32. The van der Waals surface area contributed by atoms with Crippen molar-refractivity contribution < 1.29 is 0 Å². The summed E-state index contributed by atoms with van der Waals surface area (Å²) in [5.41, 5.74) is 2.48. The molecule has 1 aliphatic carbocycles. The van der Waals surface area contributed by atoms with E-state index < -0.39 is 0 Å². The van der Waals surface area contributed by atoms with Crippen LogP contribution in [0.5, 0.6) is 0 Å². The second-order valence-corrected chi connectivity index (χ2v) is 7.29. The Morgan fingerprint density at radius 3 is 2.71 bits per heavy atom. The summed E-state index contributed by atoms with van der Waals surface area (Å²) < 4.78 is 3.37. The quantitative estimate of drug-likeness (QED) is 0.789. The second kappa shape index (κ2) is 7.77. The largest absolute Gasteiger partial charge is 0.313 e. The van der Waals surface area contributed by atoms with Gasteiger partial charge < -0.3 is 5.32 Å². The Hall–Kier alpha value is -0.350. The van der Waals surface area contributed by atoms with Gasteiger partial charge in [0, 0.05) is 19.0 Å². The highest BCUT2D eigenvalue weighted by Crippen LogP contribution is 2.35. The zero-order valence-electron chi connectivity index (χ0n) is 14.0. The molecule has 0 aromatic carbocycles. The van der Waals surface area contributed by atoms with E-state index in [9.17, 15) is 0 Å². The van der Waals surface area contributed by atoms with Crippen molar-refractivity contribution in [1.82, 2.24) is 15.1 Å². The lowest BCUT2D eigenvalue weighted by molar-refractivity contribution is 0.291. The summed E-state index contributed by atoms with van der Waals surface area (Å²) in [7, 11) is 0. The van der Waals surface area contributed by atoms with Crippen molar-refractivity contribution in [1.29, 1.82) is 0 Å². The first-order valence-electron chi connectivity index (χ1n) is 8.53. The van der Waals surface area contributed by atoms with Crippen molar-refractivity contribution in [3.63, 3.8) is 0 Å². The molecule has 1 aliphatic rings. The van der Waals surface area contributed by atoms with Gasteiger partial charge >= 0.3 is 0 Å². The molecule has 21 heavy (non-hydrogen) atoms. The summed E-state index contributed by atoms with van der Waals surface area (Å²) in [5, 5.41) is 8.47. The van der Waals surface area contributed by atoms with Gasteiger partial charge in [-0.2, -0.15) is 5.10 Å². The first-order valence-corrected chi connectivity index (χ1v) is 9.32. The van der Waals surface area contributed by atoms with Crippen LogP contribution in [0.2, 0.25) is 0 Å². The number of aromatic nitrogens is 2. The number of hydrogen-bond donors (Lipinski definition) is 1. The van der Waals surface area contributed by atoms with Gasteiger partial charge in [0.1, 0.15) is 0 Å². The number of hydrogen-bond acceptors (Lipinski definition) is 2. The third-order valence-corrected chi connectivity index (χ3v) is 6.00. The minimum atomic E-state index is 0.583. The molecule has 0 aliphatic heterocycles. The van der Waals surface area contributed by atoms with Crippen LogP contribution in [0.4, 0.5) is 0 Å². The maximum atomic E-state index is 4.65. The van der Waals surface area contributed by atoms with Crippen molar-refractivity contribution >= 4 is 15.9 Å². The minimum absolute atomic E-state index is 0.583. The number of nitrogens with one attached hydrogen (secondary N) is 1. The van der Waals surface area contributed by atoms with E-state index >= 15 is 0 Å². The average Bonchev–Trinajstić information content (AvgIpc) is 3.01. The summed E-state index contributed by atoms with van der Waals surface area (Å²) in [6.07, 6.45) is 6.44. The van der Waals surface area contributed by atoms with Gasteiger partial charge in [0.05, 0.1) is 15.9 Å². The van der Waals surface area contributed by atoms with E-state index in [0.29, 0.717) is 6.04 Å². The second-order valence-electron chi connectivity index (χ2n) is 6.50. The molecule has 1 heterocycles. The zero-order valence-corrected chi connectivity index (χ0v) is 15.5. The molecule has 1 N–H and O–H groups in total. The Labute approximate surface area is 138 Å². The monoisotopic (exact) mass is 355 g/mol. The first kappa shape index (κ1) is 17.0. The molecule has 1 fully saturated rings. The molecule has 1 saturated carbocycles. The molecular weight excluding hydrogens is 326 g/mol. The van der Waals surface area contributed by atoms with Crippen LogP contribution in [0.1, 0.15) is 57.8 Å². The van der Waals surface area contributed by atoms with Gasteiger partial charge in [0.2, 0.25) is 0 Å². The smallest absolute Gasteiger partial charge is 0.0738 e. The standard InChI is InChI=1S/C17H30BrN3/c1-5-10-19-15(14-9-7-8-12(14)3)11-16-17(18)13(4)20-21(16)6-2/h12,14-15,19H,5-11H2,1-4H3. The van der Waals surface area contributed by atoms with Crippen LogP contribution in [-0.2, 0) is 13.0 Å². The van der Waals surface area contributed by atoms with Gasteiger partial charge in [0.15, 0.2) is 0 Å². The van der Waals surface area contributed by atoms with Crippen molar-refractivity contribution in [2.75, 3.05) is 6.54 Å². The Morgan fingerprint density at radius 1 is 1.38 bits per heavy atom. The van der Waals surface area contributed by atoms with E-state index in [0.717, 1.165) is 37.0 Å². The minimum Gasteiger partial charge on any atom is -0.313 e. The van der Waals surface area contributed by atoms with Crippen LogP contribution in [0.3, 0.4) is 0 Å². The first-order chi connectivity index (χ1) is 10.1. The molecule has 0 amide bonds. The highest BCUT2D eigenvalue weighted by molar-refractivity contribution is 9.10. The fraction of sp³-hybridized carbons (Fsp3) is 0.824. The van der Waals surface area contributed by atoms with E-state index in [1.807, 2.05) is 0 Å². The molecule has 1 aromatic rings. The van der Waals surface area contributed by atoms with Gasteiger partial charge in [-0.05, 0) is 61.0 Å². The normalized spacial score (nSPS) is 23.7. The van der Waals surface area contributed by atoms with E-state index in [4.69, 9.17) is 0 Å². The van der Waals surface area contributed by atoms with Gasteiger partial charge in [0.25, 0.3) is 0 Å². The summed E-state index contributed by atoms with van der Waals surface area (Å²) in [4.78, 5) is 0. The van der Waals surface area contributed by atoms with E-state index in [-0.39, 0.29) is 0 Å².